The molecule has 0 N–H and O–H groups in total. The molecule has 0 saturated carbocycles. The highest BCUT2D eigenvalue weighted by Gasteiger charge is 2.11. The van der Waals surface area contributed by atoms with Gasteiger partial charge < -0.3 is 4.74 Å². The summed E-state index contributed by atoms with van der Waals surface area (Å²) in [5.74, 6) is 0.543. The molecule has 2 aromatic carbocycles. The van der Waals surface area contributed by atoms with Crippen LogP contribution >= 0.6 is 23.1 Å². The second-order valence-electron chi connectivity index (χ2n) is 3.71. The second kappa shape index (κ2) is 5.42. The van der Waals surface area contributed by atoms with Crippen molar-refractivity contribution in [2.24, 2.45) is 0 Å². The number of aromatic nitrogens is 1. The van der Waals surface area contributed by atoms with E-state index < -0.39 is 0 Å². The molecule has 0 aliphatic heterocycles. The average Bonchev–Trinajstić information content (AvgIpc) is 2.81. The highest BCUT2D eigenvalue weighted by Crippen LogP contribution is 2.30. The van der Waals surface area contributed by atoms with Crippen LogP contribution in [0.25, 0.3) is 10.2 Å². The van der Waals surface area contributed by atoms with E-state index in [2.05, 4.69) is 4.98 Å². The number of thiazole rings is 1. The number of carbonyl (C=O) groups excluding carboxylic acids is 1. The molecular formula is C14H9NO2S2. The van der Waals surface area contributed by atoms with Crippen LogP contribution < -0.4 is 4.74 Å². The van der Waals surface area contributed by atoms with Crippen LogP contribution in [0.2, 0.25) is 0 Å². The Labute approximate surface area is 118 Å². The molecule has 3 aromatic rings. The van der Waals surface area contributed by atoms with Gasteiger partial charge in [0, 0.05) is 11.8 Å². The molecule has 3 nitrogen and oxygen atoms in total. The Bertz CT molecular complexity index is 677. The van der Waals surface area contributed by atoms with Gasteiger partial charge in [-0.15, -0.1) is 11.3 Å². The number of benzene rings is 2. The van der Waals surface area contributed by atoms with Crippen LogP contribution in [0.5, 0.6) is 5.75 Å². The van der Waals surface area contributed by atoms with Crippen LogP contribution in [-0.2, 0) is 0 Å². The molecule has 0 spiro atoms. The summed E-state index contributed by atoms with van der Waals surface area (Å²) in [6.45, 7) is 0. The zero-order valence-corrected chi connectivity index (χ0v) is 11.4. The highest BCUT2D eigenvalue weighted by atomic mass is 32.2. The van der Waals surface area contributed by atoms with E-state index in [1.165, 1.54) is 11.3 Å². The fourth-order valence-electron chi connectivity index (χ4n) is 1.57. The van der Waals surface area contributed by atoms with Crippen LogP contribution in [0.3, 0.4) is 0 Å². The highest BCUT2D eigenvalue weighted by molar-refractivity contribution is 8.14. The number of hydrogen-bond donors (Lipinski definition) is 0. The van der Waals surface area contributed by atoms with Crippen molar-refractivity contribution in [3.8, 4) is 5.75 Å². The molecular weight excluding hydrogens is 278 g/mol. The summed E-state index contributed by atoms with van der Waals surface area (Å²) in [7, 11) is 0. The van der Waals surface area contributed by atoms with Crippen molar-refractivity contribution in [3.63, 3.8) is 0 Å². The molecule has 1 aromatic heterocycles. The molecule has 19 heavy (non-hydrogen) atoms. The van der Waals surface area contributed by atoms with Crippen molar-refractivity contribution >= 4 is 38.6 Å². The van der Waals surface area contributed by atoms with E-state index in [-0.39, 0.29) is 5.30 Å². The third kappa shape index (κ3) is 2.94. The average molecular weight is 287 g/mol. The minimum atomic E-state index is -0.370. The van der Waals surface area contributed by atoms with Gasteiger partial charge in [0.05, 0.1) is 10.2 Å². The number of carbonyl (C=O) groups is 1. The van der Waals surface area contributed by atoms with E-state index in [0.29, 0.717) is 10.1 Å². The lowest BCUT2D eigenvalue weighted by Crippen LogP contribution is -1.99. The van der Waals surface area contributed by atoms with E-state index in [0.717, 1.165) is 22.0 Å². The number of nitrogens with zero attached hydrogens (tertiary/aromatic N) is 1. The zero-order chi connectivity index (χ0) is 13.1. The van der Waals surface area contributed by atoms with Crippen LogP contribution in [0.1, 0.15) is 0 Å². The molecule has 5 heteroatoms. The first-order valence-electron chi connectivity index (χ1n) is 5.61. The van der Waals surface area contributed by atoms with E-state index in [9.17, 15) is 4.79 Å². The number of para-hydroxylation sites is 2. The lowest BCUT2D eigenvalue weighted by Gasteiger charge is -2.00. The summed E-state index contributed by atoms with van der Waals surface area (Å²) in [6, 6.07) is 16.8. The molecule has 0 atom stereocenters. The van der Waals surface area contributed by atoms with E-state index in [1.54, 1.807) is 12.1 Å². The van der Waals surface area contributed by atoms with E-state index in [4.69, 9.17) is 4.74 Å². The van der Waals surface area contributed by atoms with Gasteiger partial charge in [-0.25, -0.2) is 9.78 Å². The lowest BCUT2D eigenvalue weighted by atomic mass is 10.3. The SMILES string of the molecule is O=C(Oc1ccccc1)Sc1nc2ccccc2s1. The fourth-order valence-corrected chi connectivity index (χ4v) is 3.33. The van der Waals surface area contributed by atoms with Gasteiger partial charge in [0.25, 0.3) is 0 Å². The Morgan fingerprint density at radius 1 is 1.05 bits per heavy atom. The van der Waals surface area contributed by atoms with Crippen molar-refractivity contribution in [1.29, 1.82) is 0 Å². The van der Waals surface area contributed by atoms with E-state index in [1.807, 2.05) is 42.5 Å². The van der Waals surface area contributed by atoms with Gasteiger partial charge in [-0.05, 0) is 24.3 Å². The van der Waals surface area contributed by atoms with Gasteiger partial charge in [-0.2, -0.15) is 0 Å². The topological polar surface area (TPSA) is 39.2 Å². The first kappa shape index (κ1) is 12.2. The lowest BCUT2D eigenvalue weighted by molar-refractivity contribution is 0.227. The molecule has 94 valence electrons. The molecule has 0 unspecified atom stereocenters. The number of ether oxygens (including phenoxy) is 1. The molecule has 0 bridgehead atoms. The molecule has 0 fully saturated rings. The maximum Gasteiger partial charge on any atom is 0.379 e. The van der Waals surface area contributed by atoms with Crippen LogP contribution in [0.4, 0.5) is 4.79 Å². The summed E-state index contributed by atoms with van der Waals surface area (Å²) in [6.07, 6.45) is 0. The second-order valence-corrected chi connectivity index (χ2v) is 5.93. The molecule has 3 rings (SSSR count). The predicted molar refractivity (Wildman–Crippen MR) is 77.9 cm³/mol. The van der Waals surface area contributed by atoms with Crippen molar-refractivity contribution in [2.75, 3.05) is 0 Å². The molecule has 1 heterocycles. The Balaban J connectivity index is 1.72. The molecule has 0 aliphatic carbocycles. The third-order valence-corrected chi connectivity index (χ3v) is 4.24. The van der Waals surface area contributed by atoms with Crippen LogP contribution in [0, 0.1) is 0 Å². The predicted octanol–water partition coefficient (Wildman–Crippen LogP) is 4.59. The maximum absolute atomic E-state index is 11.8. The van der Waals surface area contributed by atoms with Crippen LogP contribution in [0.15, 0.2) is 58.9 Å². The van der Waals surface area contributed by atoms with Crippen molar-refractivity contribution < 1.29 is 9.53 Å². The van der Waals surface area contributed by atoms with Gasteiger partial charge in [0.15, 0.2) is 4.34 Å². The Hall–Kier alpha value is -1.85. The van der Waals surface area contributed by atoms with Crippen molar-refractivity contribution in [1.82, 2.24) is 4.98 Å². The zero-order valence-electron chi connectivity index (χ0n) is 9.78. The first-order chi connectivity index (χ1) is 9.31. The monoisotopic (exact) mass is 287 g/mol. The maximum atomic E-state index is 11.8. The molecule has 0 aliphatic rings. The Kier molecular flexibility index (Phi) is 3.48. The Morgan fingerprint density at radius 3 is 2.58 bits per heavy atom. The molecule has 0 radical (unpaired) electrons. The fraction of sp³-hybridized carbons (Fsp3) is 0. The normalized spacial score (nSPS) is 10.5. The summed E-state index contributed by atoms with van der Waals surface area (Å²) < 4.78 is 6.97. The van der Waals surface area contributed by atoms with Gasteiger partial charge in [-0.1, -0.05) is 30.3 Å². The minimum absolute atomic E-state index is 0.370. The number of rotatable bonds is 2. The van der Waals surface area contributed by atoms with Gasteiger partial charge >= 0.3 is 5.30 Å². The number of hydrogen-bond acceptors (Lipinski definition) is 5. The standard InChI is InChI=1S/C14H9NO2S2/c16-14(17-10-6-2-1-3-7-10)19-13-15-11-8-4-5-9-12(11)18-13/h1-9H. The smallest absolute Gasteiger partial charge is 0.379 e. The Morgan fingerprint density at radius 2 is 1.79 bits per heavy atom. The van der Waals surface area contributed by atoms with E-state index >= 15 is 0 Å². The quantitative estimate of drug-likeness (QED) is 0.510. The van der Waals surface area contributed by atoms with Gasteiger partial charge in [-0.3, -0.25) is 0 Å². The summed E-state index contributed by atoms with van der Waals surface area (Å²) >= 11 is 2.50. The third-order valence-electron chi connectivity index (χ3n) is 2.39. The van der Waals surface area contributed by atoms with Crippen LogP contribution in [-0.4, -0.2) is 10.3 Å². The van der Waals surface area contributed by atoms with Crippen molar-refractivity contribution in [3.05, 3.63) is 54.6 Å². The molecule has 0 amide bonds. The number of thioether (sulfide) groups is 1. The largest absolute Gasteiger partial charge is 0.418 e. The summed E-state index contributed by atoms with van der Waals surface area (Å²) in [5, 5.41) is -0.370. The first-order valence-corrected chi connectivity index (χ1v) is 7.25. The molecule has 0 saturated heterocycles. The summed E-state index contributed by atoms with van der Waals surface area (Å²) in [4.78, 5) is 16.1. The van der Waals surface area contributed by atoms with Gasteiger partial charge in [0.2, 0.25) is 0 Å². The number of fused-ring (bicyclic) bond motifs is 1. The summed E-state index contributed by atoms with van der Waals surface area (Å²) in [5.41, 5.74) is 0.905. The minimum Gasteiger partial charge on any atom is -0.418 e. The van der Waals surface area contributed by atoms with Crippen molar-refractivity contribution in [2.45, 2.75) is 4.34 Å². The van der Waals surface area contributed by atoms with Gasteiger partial charge in [0.1, 0.15) is 5.75 Å².